The minimum atomic E-state index is -0.509. The molecule has 0 unspecified atom stereocenters. The van der Waals surface area contributed by atoms with Crippen LogP contribution in [0.25, 0.3) is 17.0 Å². The summed E-state index contributed by atoms with van der Waals surface area (Å²) in [5, 5.41) is 12.9. The standard InChI is InChI=1S/C22H16N4O2S/c1-25-21(28)18(20(27)24-22(25)29)10-16-13-26(19-9-5-4-8-17(16)19)12-15-7-3-2-6-14(15)11-23/h2-10,13H,12H2,1H3,(H,24,27,29). The summed E-state index contributed by atoms with van der Waals surface area (Å²) < 4.78 is 2.01. The molecule has 29 heavy (non-hydrogen) atoms. The van der Waals surface area contributed by atoms with E-state index >= 15 is 0 Å². The van der Waals surface area contributed by atoms with Gasteiger partial charge in [0.1, 0.15) is 5.57 Å². The molecule has 4 rings (SSSR count). The first-order valence-electron chi connectivity index (χ1n) is 8.90. The Morgan fingerprint density at radius 3 is 2.66 bits per heavy atom. The van der Waals surface area contributed by atoms with Crippen molar-refractivity contribution in [3.8, 4) is 6.07 Å². The number of hydrogen-bond donors (Lipinski definition) is 1. The van der Waals surface area contributed by atoms with Gasteiger partial charge in [-0.2, -0.15) is 5.26 Å². The fourth-order valence-electron chi connectivity index (χ4n) is 3.37. The zero-order valence-electron chi connectivity index (χ0n) is 15.5. The Morgan fingerprint density at radius 1 is 1.14 bits per heavy atom. The van der Waals surface area contributed by atoms with E-state index in [0.717, 1.165) is 22.0 Å². The summed E-state index contributed by atoms with van der Waals surface area (Å²) >= 11 is 4.99. The molecule has 1 saturated heterocycles. The molecule has 1 aliphatic rings. The van der Waals surface area contributed by atoms with Crippen molar-refractivity contribution in [1.82, 2.24) is 14.8 Å². The lowest BCUT2D eigenvalue weighted by Gasteiger charge is -2.24. The molecule has 0 aliphatic carbocycles. The third-order valence-electron chi connectivity index (χ3n) is 4.90. The number of fused-ring (bicyclic) bond motifs is 1. The Kier molecular flexibility index (Phi) is 4.71. The summed E-state index contributed by atoms with van der Waals surface area (Å²) in [6.45, 7) is 0.498. The number of carbonyl (C=O) groups is 2. The Bertz CT molecular complexity index is 1250. The van der Waals surface area contributed by atoms with Crippen LogP contribution in [-0.4, -0.2) is 33.4 Å². The van der Waals surface area contributed by atoms with E-state index in [2.05, 4.69) is 11.4 Å². The molecule has 0 radical (unpaired) electrons. The highest BCUT2D eigenvalue weighted by Gasteiger charge is 2.31. The number of nitrogens with one attached hydrogen (secondary N) is 1. The van der Waals surface area contributed by atoms with E-state index in [1.807, 2.05) is 53.2 Å². The first-order chi connectivity index (χ1) is 14.0. The minimum absolute atomic E-state index is 0.0291. The van der Waals surface area contributed by atoms with E-state index in [-0.39, 0.29) is 10.7 Å². The first-order valence-corrected chi connectivity index (χ1v) is 9.31. The van der Waals surface area contributed by atoms with Gasteiger partial charge in [-0.1, -0.05) is 36.4 Å². The van der Waals surface area contributed by atoms with Crippen molar-refractivity contribution in [1.29, 1.82) is 5.26 Å². The quantitative estimate of drug-likeness (QED) is 0.417. The molecule has 2 amide bonds. The number of hydrogen-bond acceptors (Lipinski definition) is 4. The van der Waals surface area contributed by atoms with Crippen molar-refractivity contribution < 1.29 is 9.59 Å². The molecule has 1 fully saturated rings. The zero-order valence-corrected chi connectivity index (χ0v) is 16.4. The Morgan fingerprint density at radius 2 is 1.86 bits per heavy atom. The minimum Gasteiger partial charge on any atom is -0.342 e. The van der Waals surface area contributed by atoms with E-state index in [1.54, 1.807) is 12.1 Å². The predicted molar refractivity (Wildman–Crippen MR) is 114 cm³/mol. The van der Waals surface area contributed by atoms with Crippen LogP contribution in [0.4, 0.5) is 0 Å². The molecule has 2 aromatic carbocycles. The summed E-state index contributed by atoms with van der Waals surface area (Å²) in [5.41, 5.74) is 3.23. The van der Waals surface area contributed by atoms with Gasteiger partial charge in [-0.3, -0.25) is 19.8 Å². The Labute approximate surface area is 172 Å². The van der Waals surface area contributed by atoms with E-state index in [9.17, 15) is 14.9 Å². The summed E-state index contributed by atoms with van der Waals surface area (Å²) in [6, 6.07) is 17.4. The molecule has 0 saturated carbocycles. The van der Waals surface area contributed by atoms with Gasteiger partial charge < -0.3 is 4.57 Å². The lowest BCUT2D eigenvalue weighted by Crippen LogP contribution is -2.52. The van der Waals surface area contributed by atoms with Gasteiger partial charge in [-0.25, -0.2) is 0 Å². The molecule has 142 valence electrons. The number of benzene rings is 2. The first kappa shape index (κ1) is 18.6. The number of amides is 2. The second kappa shape index (κ2) is 7.34. The maximum Gasteiger partial charge on any atom is 0.265 e. The molecule has 1 aliphatic heterocycles. The van der Waals surface area contributed by atoms with Crippen LogP contribution in [0, 0.1) is 11.3 Å². The average Bonchev–Trinajstić information content (AvgIpc) is 3.07. The fourth-order valence-corrected chi connectivity index (χ4v) is 3.55. The molecule has 0 spiro atoms. The summed E-state index contributed by atoms with van der Waals surface area (Å²) in [5.74, 6) is -0.949. The van der Waals surface area contributed by atoms with Crippen LogP contribution < -0.4 is 5.32 Å². The van der Waals surface area contributed by atoms with Gasteiger partial charge in [0.25, 0.3) is 11.8 Å². The number of nitrogens with zero attached hydrogens (tertiary/aromatic N) is 3. The van der Waals surface area contributed by atoms with Crippen molar-refractivity contribution in [2.45, 2.75) is 6.54 Å². The number of nitriles is 1. The smallest absolute Gasteiger partial charge is 0.265 e. The third-order valence-corrected chi connectivity index (χ3v) is 5.28. The predicted octanol–water partition coefficient (Wildman–Crippen LogP) is 2.82. The number of para-hydroxylation sites is 1. The molecule has 6 nitrogen and oxygen atoms in total. The van der Waals surface area contributed by atoms with Crippen LogP contribution in [0.1, 0.15) is 16.7 Å². The molecule has 0 bridgehead atoms. The van der Waals surface area contributed by atoms with E-state index in [4.69, 9.17) is 12.2 Å². The highest BCUT2D eigenvalue weighted by atomic mass is 32.1. The third kappa shape index (κ3) is 3.30. The molecule has 7 heteroatoms. The zero-order chi connectivity index (χ0) is 20.5. The molecule has 2 heterocycles. The normalized spacial score (nSPS) is 15.7. The number of thiocarbonyl (C=S) groups is 1. The van der Waals surface area contributed by atoms with E-state index < -0.39 is 11.8 Å². The second-order valence-electron chi connectivity index (χ2n) is 6.68. The van der Waals surface area contributed by atoms with Crippen molar-refractivity contribution in [3.63, 3.8) is 0 Å². The summed E-state index contributed by atoms with van der Waals surface area (Å²) in [6.07, 6.45) is 3.48. The van der Waals surface area contributed by atoms with Gasteiger partial charge in [0.05, 0.1) is 11.6 Å². The molecular weight excluding hydrogens is 384 g/mol. The highest BCUT2D eigenvalue weighted by molar-refractivity contribution is 7.80. The molecule has 0 atom stereocenters. The van der Waals surface area contributed by atoms with Crippen LogP contribution in [0.5, 0.6) is 0 Å². The van der Waals surface area contributed by atoms with Crippen molar-refractivity contribution in [2.75, 3.05) is 7.05 Å². The fraction of sp³-hybridized carbons (Fsp3) is 0.0909. The van der Waals surface area contributed by atoms with Crippen molar-refractivity contribution in [3.05, 3.63) is 77.0 Å². The summed E-state index contributed by atoms with van der Waals surface area (Å²) in [4.78, 5) is 26.1. The second-order valence-corrected chi connectivity index (χ2v) is 7.07. The lowest BCUT2D eigenvalue weighted by atomic mass is 10.1. The van der Waals surface area contributed by atoms with Gasteiger partial charge in [0.15, 0.2) is 5.11 Å². The highest BCUT2D eigenvalue weighted by Crippen LogP contribution is 2.26. The van der Waals surface area contributed by atoms with Gasteiger partial charge in [-0.15, -0.1) is 0 Å². The maximum atomic E-state index is 12.5. The number of rotatable bonds is 3. The van der Waals surface area contributed by atoms with Crippen LogP contribution in [0.15, 0.2) is 60.3 Å². The van der Waals surface area contributed by atoms with Crippen LogP contribution in [0.2, 0.25) is 0 Å². The Balaban J connectivity index is 1.81. The SMILES string of the molecule is CN1C(=O)C(=Cc2cn(Cc3ccccc3C#N)c3ccccc23)C(=O)NC1=S. The largest absolute Gasteiger partial charge is 0.342 e. The number of aromatic nitrogens is 1. The van der Waals surface area contributed by atoms with Crippen molar-refractivity contribution >= 4 is 46.1 Å². The topological polar surface area (TPSA) is 78.1 Å². The van der Waals surface area contributed by atoms with Crippen LogP contribution in [-0.2, 0) is 16.1 Å². The molecule has 3 aromatic rings. The van der Waals surface area contributed by atoms with Gasteiger partial charge in [-0.05, 0) is 36.0 Å². The van der Waals surface area contributed by atoms with Crippen LogP contribution in [0.3, 0.4) is 0 Å². The number of carbonyl (C=O) groups excluding carboxylic acids is 2. The molecule has 1 N–H and O–H groups in total. The van der Waals surface area contributed by atoms with E-state index in [0.29, 0.717) is 12.1 Å². The maximum absolute atomic E-state index is 12.5. The summed E-state index contributed by atoms with van der Waals surface area (Å²) in [7, 11) is 1.53. The van der Waals surface area contributed by atoms with Gasteiger partial charge in [0, 0.05) is 36.3 Å². The number of likely N-dealkylation sites (N-methyl/N-ethyl adjacent to an activating group) is 1. The van der Waals surface area contributed by atoms with Crippen LogP contribution >= 0.6 is 12.2 Å². The average molecular weight is 400 g/mol. The van der Waals surface area contributed by atoms with E-state index in [1.165, 1.54) is 11.9 Å². The van der Waals surface area contributed by atoms with Gasteiger partial charge in [0.2, 0.25) is 0 Å². The lowest BCUT2D eigenvalue weighted by molar-refractivity contribution is -0.128. The Hall–Kier alpha value is -3.76. The molecular formula is C22H16N4O2S. The monoisotopic (exact) mass is 400 g/mol. The van der Waals surface area contributed by atoms with Gasteiger partial charge >= 0.3 is 0 Å². The van der Waals surface area contributed by atoms with Crippen molar-refractivity contribution in [2.24, 2.45) is 0 Å². The molecule has 1 aromatic heterocycles.